The van der Waals surface area contributed by atoms with Gasteiger partial charge in [-0.05, 0) is 38.8 Å². The molecule has 3 nitrogen and oxygen atoms in total. The van der Waals surface area contributed by atoms with Crippen LogP contribution in [0.15, 0.2) is 0 Å². The lowest BCUT2D eigenvalue weighted by Gasteiger charge is -2.41. The third-order valence-electron chi connectivity index (χ3n) is 4.66. The Balaban J connectivity index is 1.97. The molecule has 1 saturated carbocycles. The molecule has 0 aromatic heterocycles. The number of nitrogens with zero attached hydrogens (tertiary/aromatic N) is 1. The van der Waals surface area contributed by atoms with Gasteiger partial charge in [-0.1, -0.05) is 26.2 Å². The van der Waals surface area contributed by atoms with E-state index in [-0.39, 0.29) is 0 Å². The lowest BCUT2D eigenvalue weighted by Crippen LogP contribution is -2.53. The van der Waals surface area contributed by atoms with Gasteiger partial charge in [0.15, 0.2) is 0 Å². The fourth-order valence-corrected chi connectivity index (χ4v) is 3.69. The lowest BCUT2D eigenvalue weighted by molar-refractivity contribution is 0.00592. The molecule has 2 fully saturated rings. The van der Waals surface area contributed by atoms with Crippen molar-refractivity contribution in [2.45, 2.75) is 70.1 Å². The van der Waals surface area contributed by atoms with Gasteiger partial charge in [0.05, 0.1) is 6.10 Å². The van der Waals surface area contributed by atoms with E-state index in [2.05, 4.69) is 17.1 Å². The van der Waals surface area contributed by atoms with Crippen molar-refractivity contribution in [1.82, 2.24) is 10.2 Å². The lowest BCUT2D eigenvalue weighted by atomic mass is 9.97. The molecule has 0 bridgehead atoms. The van der Waals surface area contributed by atoms with Crippen molar-refractivity contribution in [2.24, 2.45) is 0 Å². The smallest absolute Gasteiger partial charge is 0.0698 e. The predicted octanol–water partition coefficient (Wildman–Crippen LogP) is 2.41. The molecule has 0 spiro atoms. The van der Waals surface area contributed by atoms with E-state index in [0.29, 0.717) is 12.1 Å². The van der Waals surface area contributed by atoms with E-state index in [9.17, 15) is 0 Å². The summed E-state index contributed by atoms with van der Waals surface area (Å²) in [4.78, 5) is 2.70. The van der Waals surface area contributed by atoms with Gasteiger partial charge in [-0.25, -0.2) is 0 Å². The minimum atomic E-state index is 0.462. The Labute approximate surface area is 112 Å². The Bertz CT molecular complexity index is 235. The molecule has 1 aliphatic heterocycles. The minimum Gasteiger partial charge on any atom is -0.380 e. The predicted molar refractivity (Wildman–Crippen MR) is 75.9 cm³/mol. The second-order valence-corrected chi connectivity index (χ2v) is 5.86. The summed E-state index contributed by atoms with van der Waals surface area (Å²) < 4.78 is 5.58. The number of hydrogen-bond donors (Lipinski definition) is 1. The van der Waals surface area contributed by atoms with Crippen LogP contribution in [-0.2, 0) is 4.74 Å². The van der Waals surface area contributed by atoms with Gasteiger partial charge in [-0.3, -0.25) is 4.90 Å². The second-order valence-electron chi connectivity index (χ2n) is 5.86. The number of rotatable bonds is 4. The molecule has 0 aromatic rings. The fourth-order valence-electron chi connectivity index (χ4n) is 3.69. The van der Waals surface area contributed by atoms with E-state index >= 15 is 0 Å². The quantitative estimate of drug-likeness (QED) is 0.780. The summed E-state index contributed by atoms with van der Waals surface area (Å²) in [6.45, 7) is 5.74. The number of nitrogens with one attached hydrogen (secondary N) is 1. The van der Waals surface area contributed by atoms with Crippen LogP contribution in [0.2, 0.25) is 0 Å². The second kappa shape index (κ2) is 7.46. The molecular weight excluding hydrogens is 224 g/mol. The van der Waals surface area contributed by atoms with E-state index < -0.39 is 0 Å². The van der Waals surface area contributed by atoms with Crippen molar-refractivity contribution >= 4 is 0 Å². The average Bonchev–Trinajstić information content (AvgIpc) is 2.65. The van der Waals surface area contributed by atoms with Gasteiger partial charge in [0.1, 0.15) is 0 Å². The van der Waals surface area contributed by atoms with Gasteiger partial charge in [0.25, 0.3) is 0 Å². The van der Waals surface area contributed by atoms with Crippen LogP contribution < -0.4 is 5.32 Å². The normalized spacial score (nSPS) is 35.3. The molecule has 2 aliphatic rings. The van der Waals surface area contributed by atoms with Crippen LogP contribution in [0.25, 0.3) is 0 Å². The van der Waals surface area contributed by atoms with E-state index in [1.54, 1.807) is 0 Å². The summed E-state index contributed by atoms with van der Waals surface area (Å²) >= 11 is 0. The highest BCUT2D eigenvalue weighted by atomic mass is 16.5. The van der Waals surface area contributed by atoms with Crippen LogP contribution in [0.4, 0.5) is 0 Å². The molecule has 3 atom stereocenters. The molecule has 18 heavy (non-hydrogen) atoms. The first-order valence-electron chi connectivity index (χ1n) is 7.85. The van der Waals surface area contributed by atoms with Gasteiger partial charge in [0, 0.05) is 25.7 Å². The third kappa shape index (κ3) is 3.69. The maximum absolute atomic E-state index is 5.58. The Kier molecular flexibility index (Phi) is 5.93. The molecule has 106 valence electrons. The summed E-state index contributed by atoms with van der Waals surface area (Å²) in [7, 11) is 1.86. The Morgan fingerprint density at radius 2 is 1.94 bits per heavy atom. The van der Waals surface area contributed by atoms with Crippen LogP contribution >= 0.6 is 0 Å². The Morgan fingerprint density at radius 1 is 1.11 bits per heavy atom. The summed E-state index contributed by atoms with van der Waals surface area (Å²) in [5.74, 6) is 0. The van der Waals surface area contributed by atoms with Crippen molar-refractivity contribution in [2.75, 3.05) is 26.7 Å². The van der Waals surface area contributed by atoms with E-state index in [4.69, 9.17) is 4.74 Å². The molecule has 0 radical (unpaired) electrons. The highest BCUT2D eigenvalue weighted by Crippen LogP contribution is 2.25. The maximum atomic E-state index is 5.58. The first kappa shape index (κ1) is 14.3. The summed E-state index contributed by atoms with van der Waals surface area (Å²) in [5.41, 5.74) is 0. The summed E-state index contributed by atoms with van der Waals surface area (Å²) in [6.07, 6.45) is 9.94. The number of ether oxygens (including phenoxy) is 1. The molecule has 1 saturated heterocycles. The van der Waals surface area contributed by atoms with Crippen LogP contribution in [0.5, 0.6) is 0 Å². The molecule has 0 aromatic carbocycles. The first-order chi connectivity index (χ1) is 8.85. The molecule has 3 heteroatoms. The van der Waals surface area contributed by atoms with E-state index in [1.807, 2.05) is 7.11 Å². The van der Waals surface area contributed by atoms with Gasteiger partial charge in [-0.2, -0.15) is 0 Å². The van der Waals surface area contributed by atoms with Crippen molar-refractivity contribution in [3.8, 4) is 0 Å². The molecule has 0 amide bonds. The molecule has 2 rings (SSSR count). The number of likely N-dealkylation sites (N-methyl/N-ethyl adjacent to an activating group) is 1. The summed E-state index contributed by atoms with van der Waals surface area (Å²) in [6, 6.07) is 1.44. The molecular formula is C15H30N2O. The highest BCUT2D eigenvalue weighted by molar-refractivity contribution is 4.89. The third-order valence-corrected chi connectivity index (χ3v) is 4.66. The van der Waals surface area contributed by atoms with Crippen molar-refractivity contribution in [3.05, 3.63) is 0 Å². The first-order valence-corrected chi connectivity index (χ1v) is 7.85. The minimum absolute atomic E-state index is 0.462. The van der Waals surface area contributed by atoms with Crippen molar-refractivity contribution in [3.63, 3.8) is 0 Å². The van der Waals surface area contributed by atoms with Crippen molar-refractivity contribution < 1.29 is 4.74 Å². The maximum Gasteiger partial charge on any atom is 0.0698 e. The van der Waals surface area contributed by atoms with Crippen LogP contribution in [0, 0.1) is 0 Å². The number of hydrogen-bond acceptors (Lipinski definition) is 3. The SMILES string of the molecule is CCNC1CCCCCC1N1CCCC(OC)C1. The zero-order valence-corrected chi connectivity index (χ0v) is 12.2. The number of piperidine rings is 1. The molecule has 1 heterocycles. The largest absolute Gasteiger partial charge is 0.380 e. The highest BCUT2D eigenvalue weighted by Gasteiger charge is 2.31. The van der Waals surface area contributed by atoms with Gasteiger partial charge < -0.3 is 10.1 Å². The fraction of sp³-hybridized carbons (Fsp3) is 1.00. The summed E-state index contributed by atoms with van der Waals surface area (Å²) in [5, 5.41) is 3.72. The van der Waals surface area contributed by atoms with E-state index in [0.717, 1.165) is 19.1 Å². The molecule has 3 unspecified atom stereocenters. The van der Waals surface area contributed by atoms with Crippen LogP contribution in [0.3, 0.4) is 0 Å². The van der Waals surface area contributed by atoms with Gasteiger partial charge >= 0.3 is 0 Å². The number of likely N-dealkylation sites (tertiary alicyclic amines) is 1. The zero-order chi connectivity index (χ0) is 12.8. The topological polar surface area (TPSA) is 24.5 Å². The Hall–Kier alpha value is -0.120. The van der Waals surface area contributed by atoms with E-state index in [1.165, 1.54) is 51.5 Å². The van der Waals surface area contributed by atoms with Gasteiger partial charge in [-0.15, -0.1) is 0 Å². The Morgan fingerprint density at radius 3 is 2.72 bits per heavy atom. The monoisotopic (exact) mass is 254 g/mol. The number of methoxy groups -OCH3 is 1. The molecule has 1 N–H and O–H groups in total. The standard InChI is InChI=1S/C15H30N2O/c1-3-16-14-9-5-4-6-10-15(14)17-11-7-8-13(12-17)18-2/h13-16H,3-12H2,1-2H3. The average molecular weight is 254 g/mol. The van der Waals surface area contributed by atoms with Gasteiger partial charge in [0.2, 0.25) is 0 Å². The zero-order valence-electron chi connectivity index (χ0n) is 12.2. The van der Waals surface area contributed by atoms with Crippen LogP contribution in [0.1, 0.15) is 51.9 Å². The van der Waals surface area contributed by atoms with Crippen molar-refractivity contribution in [1.29, 1.82) is 0 Å². The molecule has 1 aliphatic carbocycles. The van der Waals surface area contributed by atoms with Crippen LogP contribution in [-0.4, -0.2) is 49.8 Å².